The highest BCUT2D eigenvalue weighted by Gasteiger charge is 2.32. The molecule has 0 saturated heterocycles. The fourth-order valence-electron chi connectivity index (χ4n) is 4.63. The van der Waals surface area contributed by atoms with Crippen molar-refractivity contribution in [2.45, 2.75) is 73.3 Å². The topological polar surface area (TPSA) is 99.8 Å². The molecule has 164 valence electrons. The van der Waals surface area contributed by atoms with Crippen LogP contribution in [0.2, 0.25) is 0 Å². The van der Waals surface area contributed by atoms with Crippen LogP contribution in [-0.4, -0.2) is 25.8 Å². The number of rotatable bonds is 6. The van der Waals surface area contributed by atoms with Gasteiger partial charge in [-0.15, -0.1) is 0 Å². The molecule has 1 aliphatic carbocycles. The van der Waals surface area contributed by atoms with Gasteiger partial charge in [0.2, 0.25) is 11.7 Å². The number of fused-ring (bicyclic) bond motifs is 1. The molecule has 7 heteroatoms. The molecule has 0 radical (unpaired) electrons. The third-order valence-corrected chi connectivity index (χ3v) is 6.37. The molecular formula is C24H31N5O2. The molecule has 1 aliphatic rings. The Bertz CT molecular complexity index is 1120. The first-order valence-corrected chi connectivity index (χ1v) is 11.0. The van der Waals surface area contributed by atoms with Crippen LogP contribution in [0.4, 0.5) is 0 Å². The van der Waals surface area contributed by atoms with Crippen LogP contribution in [0.15, 0.2) is 16.7 Å². The van der Waals surface area contributed by atoms with Gasteiger partial charge >= 0.3 is 0 Å². The number of carbonyl (C=O) groups is 1. The highest BCUT2D eigenvalue weighted by molar-refractivity contribution is 5.74. The van der Waals surface area contributed by atoms with Crippen molar-refractivity contribution in [2.75, 3.05) is 0 Å². The fraction of sp³-hybridized carbons (Fsp3) is 0.500. The Labute approximate surface area is 183 Å². The van der Waals surface area contributed by atoms with Gasteiger partial charge in [0.25, 0.3) is 5.89 Å². The second-order valence-electron chi connectivity index (χ2n) is 9.41. The highest BCUT2D eigenvalue weighted by atomic mass is 16.5. The summed E-state index contributed by atoms with van der Waals surface area (Å²) in [7, 11) is 0. The number of amides is 1. The lowest BCUT2D eigenvalue weighted by molar-refractivity contribution is -0.117. The van der Waals surface area contributed by atoms with Crippen molar-refractivity contribution in [1.82, 2.24) is 19.9 Å². The summed E-state index contributed by atoms with van der Waals surface area (Å²) in [5.74, 6) is 0.744. The zero-order valence-electron chi connectivity index (χ0n) is 19.1. The summed E-state index contributed by atoms with van der Waals surface area (Å²) >= 11 is 0. The Kier molecular flexibility index (Phi) is 5.45. The third kappa shape index (κ3) is 4.13. The van der Waals surface area contributed by atoms with E-state index in [2.05, 4.69) is 30.6 Å². The van der Waals surface area contributed by atoms with Crippen molar-refractivity contribution >= 4 is 5.91 Å². The van der Waals surface area contributed by atoms with E-state index in [0.29, 0.717) is 24.6 Å². The summed E-state index contributed by atoms with van der Waals surface area (Å²) in [6.07, 6.45) is 4.09. The summed E-state index contributed by atoms with van der Waals surface area (Å²) in [5.41, 5.74) is 13.2. The van der Waals surface area contributed by atoms with Crippen molar-refractivity contribution < 1.29 is 9.32 Å². The molecule has 31 heavy (non-hydrogen) atoms. The summed E-state index contributed by atoms with van der Waals surface area (Å²) in [6, 6.07) is 4.08. The van der Waals surface area contributed by atoms with E-state index in [-0.39, 0.29) is 11.3 Å². The molecule has 0 saturated carbocycles. The molecule has 3 aromatic rings. The predicted octanol–water partition coefficient (Wildman–Crippen LogP) is 4.17. The minimum atomic E-state index is -0.288. The zero-order valence-corrected chi connectivity index (χ0v) is 19.1. The summed E-state index contributed by atoms with van der Waals surface area (Å²) in [5, 5.41) is 9.07. The molecule has 0 fully saturated rings. The molecule has 0 atom stereocenters. The Hall–Kier alpha value is -2.96. The molecule has 4 rings (SSSR count). The van der Waals surface area contributed by atoms with Gasteiger partial charge in [0.05, 0.1) is 0 Å². The number of nitrogens with two attached hydrogens (primary N) is 1. The molecule has 0 unspecified atom stereocenters. The Morgan fingerprint density at radius 2 is 1.97 bits per heavy atom. The van der Waals surface area contributed by atoms with Gasteiger partial charge in [-0.1, -0.05) is 19.0 Å². The van der Waals surface area contributed by atoms with Crippen molar-refractivity contribution in [3.05, 3.63) is 40.1 Å². The Balaban J connectivity index is 1.67. The predicted molar refractivity (Wildman–Crippen MR) is 119 cm³/mol. The van der Waals surface area contributed by atoms with E-state index in [1.807, 2.05) is 26.0 Å². The van der Waals surface area contributed by atoms with Gasteiger partial charge in [0, 0.05) is 29.8 Å². The largest absolute Gasteiger partial charge is 0.370 e. The maximum Gasteiger partial charge on any atom is 0.279 e. The second-order valence-corrected chi connectivity index (χ2v) is 9.41. The van der Waals surface area contributed by atoms with E-state index < -0.39 is 0 Å². The molecule has 2 aromatic heterocycles. The van der Waals surface area contributed by atoms with Gasteiger partial charge in [0.1, 0.15) is 0 Å². The standard InChI is InChI=1S/C24H31N5O2/c1-6-29-19-13-24(4,5)10-9-18(19)21(27-29)23-26-22(28-31-23)16-11-14(2)17(15(3)12-16)7-8-20(25)30/h11-12H,6-10,13H2,1-5H3,(H2,25,30). The summed E-state index contributed by atoms with van der Waals surface area (Å²) < 4.78 is 7.75. The number of primary amides is 1. The maximum absolute atomic E-state index is 11.2. The monoisotopic (exact) mass is 421 g/mol. The minimum Gasteiger partial charge on any atom is -0.370 e. The molecule has 0 bridgehead atoms. The summed E-state index contributed by atoms with van der Waals surface area (Å²) in [6.45, 7) is 11.6. The zero-order chi connectivity index (χ0) is 22.3. The van der Waals surface area contributed by atoms with E-state index in [4.69, 9.17) is 20.3 Å². The fourth-order valence-corrected chi connectivity index (χ4v) is 4.63. The van der Waals surface area contributed by atoms with Gasteiger partial charge < -0.3 is 10.3 Å². The number of benzene rings is 1. The normalized spacial score (nSPS) is 15.1. The maximum atomic E-state index is 11.2. The first kappa shape index (κ1) is 21.3. The number of aromatic nitrogens is 4. The van der Waals surface area contributed by atoms with E-state index in [0.717, 1.165) is 53.8 Å². The SMILES string of the molecule is CCn1nc(-c2nc(-c3cc(C)c(CCC(N)=O)c(C)c3)no2)c2c1CC(C)(C)CC2. The molecule has 0 spiro atoms. The van der Waals surface area contributed by atoms with Crippen molar-refractivity contribution in [3.63, 3.8) is 0 Å². The van der Waals surface area contributed by atoms with Crippen LogP contribution in [-0.2, 0) is 30.6 Å². The molecule has 2 N–H and O–H groups in total. The average Bonchev–Trinajstić information content (AvgIpc) is 3.30. The Morgan fingerprint density at radius 3 is 2.61 bits per heavy atom. The van der Waals surface area contributed by atoms with Gasteiger partial charge in [-0.05, 0) is 80.7 Å². The van der Waals surface area contributed by atoms with E-state index in [1.54, 1.807) is 0 Å². The highest BCUT2D eigenvalue weighted by Crippen LogP contribution is 2.39. The second kappa shape index (κ2) is 7.94. The van der Waals surface area contributed by atoms with Gasteiger partial charge in [-0.2, -0.15) is 10.1 Å². The van der Waals surface area contributed by atoms with Crippen LogP contribution in [0.5, 0.6) is 0 Å². The van der Waals surface area contributed by atoms with Crippen molar-refractivity contribution in [3.8, 4) is 23.0 Å². The van der Waals surface area contributed by atoms with Gasteiger partial charge in [-0.25, -0.2) is 0 Å². The van der Waals surface area contributed by atoms with E-state index >= 15 is 0 Å². The van der Waals surface area contributed by atoms with Crippen LogP contribution in [0.25, 0.3) is 23.0 Å². The first-order valence-electron chi connectivity index (χ1n) is 11.0. The smallest absolute Gasteiger partial charge is 0.279 e. The minimum absolute atomic E-state index is 0.280. The summed E-state index contributed by atoms with van der Waals surface area (Å²) in [4.78, 5) is 15.9. The van der Waals surface area contributed by atoms with Crippen LogP contribution in [0.3, 0.4) is 0 Å². The van der Waals surface area contributed by atoms with Crippen molar-refractivity contribution in [1.29, 1.82) is 0 Å². The molecule has 2 heterocycles. The van der Waals surface area contributed by atoms with Crippen LogP contribution < -0.4 is 5.73 Å². The number of hydrogen-bond donors (Lipinski definition) is 1. The molecular weight excluding hydrogens is 390 g/mol. The average molecular weight is 422 g/mol. The number of hydrogen-bond acceptors (Lipinski definition) is 5. The Morgan fingerprint density at radius 1 is 1.26 bits per heavy atom. The van der Waals surface area contributed by atoms with Gasteiger partial charge in [0.15, 0.2) is 5.69 Å². The lowest BCUT2D eigenvalue weighted by atomic mass is 9.76. The lowest BCUT2D eigenvalue weighted by Gasteiger charge is -2.30. The van der Waals surface area contributed by atoms with Crippen LogP contribution in [0.1, 0.15) is 61.6 Å². The molecule has 0 aliphatic heterocycles. The molecule has 1 amide bonds. The van der Waals surface area contributed by atoms with Crippen molar-refractivity contribution in [2.24, 2.45) is 11.1 Å². The van der Waals surface area contributed by atoms with Gasteiger partial charge in [-0.3, -0.25) is 9.48 Å². The molecule has 7 nitrogen and oxygen atoms in total. The number of aryl methyl sites for hydroxylation is 3. The van der Waals surface area contributed by atoms with Crippen LogP contribution in [0, 0.1) is 19.3 Å². The van der Waals surface area contributed by atoms with E-state index in [9.17, 15) is 4.79 Å². The first-order chi connectivity index (χ1) is 14.7. The number of carbonyl (C=O) groups excluding carboxylic acids is 1. The quantitative estimate of drug-likeness (QED) is 0.644. The third-order valence-electron chi connectivity index (χ3n) is 6.37. The van der Waals surface area contributed by atoms with E-state index in [1.165, 1.54) is 11.3 Å². The van der Waals surface area contributed by atoms with Crippen LogP contribution >= 0.6 is 0 Å². The molecule has 1 aromatic carbocycles. The lowest BCUT2D eigenvalue weighted by Crippen LogP contribution is -2.24. The number of nitrogens with zero attached hydrogens (tertiary/aromatic N) is 4.